The van der Waals surface area contributed by atoms with Crippen molar-refractivity contribution in [1.82, 2.24) is 5.32 Å². The lowest BCUT2D eigenvalue weighted by molar-refractivity contribution is 0.412. The molecule has 0 saturated carbocycles. The summed E-state index contributed by atoms with van der Waals surface area (Å²) in [6.45, 7) is 1.94. The molecule has 1 saturated heterocycles. The minimum Gasteiger partial charge on any atom is -0.497 e. The van der Waals surface area contributed by atoms with Crippen molar-refractivity contribution in [2.75, 3.05) is 32.1 Å². The van der Waals surface area contributed by atoms with Gasteiger partial charge < -0.3 is 15.0 Å². The van der Waals surface area contributed by atoms with E-state index in [9.17, 15) is 0 Å². The van der Waals surface area contributed by atoms with Crippen LogP contribution in [0.15, 0.2) is 18.2 Å². The van der Waals surface area contributed by atoms with Crippen molar-refractivity contribution >= 4 is 5.69 Å². The van der Waals surface area contributed by atoms with Crippen molar-refractivity contribution in [2.24, 2.45) is 0 Å². The largest absolute Gasteiger partial charge is 0.497 e. The predicted molar refractivity (Wildman–Crippen MR) is 62.8 cm³/mol. The van der Waals surface area contributed by atoms with Crippen LogP contribution in [0.3, 0.4) is 0 Å². The lowest BCUT2D eigenvalue weighted by Crippen LogP contribution is -2.56. The normalized spacial score (nSPS) is 15.1. The maximum absolute atomic E-state index is 9.07. The second-order valence-electron chi connectivity index (χ2n) is 3.92. The third-order valence-corrected chi connectivity index (χ3v) is 3.01. The Morgan fingerprint density at radius 2 is 2.25 bits per heavy atom. The highest BCUT2D eigenvalue weighted by molar-refractivity contribution is 5.62. The summed E-state index contributed by atoms with van der Waals surface area (Å²) in [5, 5.41) is 12.3. The monoisotopic (exact) mass is 217 g/mol. The Morgan fingerprint density at radius 3 is 2.75 bits per heavy atom. The lowest BCUT2D eigenvalue weighted by atomic mass is 10.1. The van der Waals surface area contributed by atoms with Crippen molar-refractivity contribution in [3.05, 3.63) is 23.8 Å². The quantitative estimate of drug-likeness (QED) is 0.819. The number of hydrogen-bond acceptors (Lipinski definition) is 4. The molecule has 0 atom stereocenters. The molecule has 1 aromatic rings. The van der Waals surface area contributed by atoms with E-state index in [1.807, 2.05) is 19.2 Å². The van der Waals surface area contributed by atoms with Gasteiger partial charge in [-0.1, -0.05) is 0 Å². The Kier molecular flexibility index (Phi) is 2.97. The summed E-state index contributed by atoms with van der Waals surface area (Å²) in [5.74, 6) is 0.785. The average molecular weight is 217 g/mol. The van der Waals surface area contributed by atoms with Crippen LogP contribution in [0, 0.1) is 11.3 Å². The van der Waals surface area contributed by atoms with Crippen LogP contribution in [0.25, 0.3) is 0 Å². The molecule has 4 nitrogen and oxygen atoms in total. The molecule has 0 bridgehead atoms. The van der Waals surface area contributed by atoms with Gasteiger partial charge in [-0.15, -0.1) is 0 Å². The van der Waals surface area contributed by atoms with Gasteiger partial charge >= 0.3 is 0 Å². The van der Waals surface area contributed by atoms with Crippen LogP contribution in [0.2, 0.25) is 0 Å². The van der Waals surface area contributed by atoms with Crippen LogP contribution in [-0.2, 0) is 0 Å². The SMILES string of the molecule is COc1ccc(C#N)c(N(C)C2CNC2)c1. The zero-order valence-corrected chi connectivity index (χ0v) is 9.53. The summed E-state index contributed by atoms with van der Waals surface area (Å²) in [6.07, 6.45) is 0. The van der Waals surface area contributed by atoms with Gasteiger partial charge in [0.2, 0.25) is 0 Å². The summed E-state index contributed by atoms with van der Waals surface area (Å²) in [7, 11) is 3.65. The summed E-state index contributed by atoms with van der Waals surface area (Å²) >= 11 is 0. The average Bonchev–Trinajstić information content (AvgIpc) is 2.25. The van der Waals surface area contributed by atoms with Crippen molar-refractivity contribution < 1.29 is 4.74 Å². The van der Waals surface area contributed by atoms with E-state index in [0.29, 0.717) is 11.6 Å². The Morgan fingerprint density at radius 1 is 1.50 bits per heavy atom. The molecule has 0 spiro atoms. The topological polar surface area (TPSA) is 48.3 Å². The summed E-state index contributed by atoms with van der Waals surface area (Å²) in [6, 6.07) is 8.22. The fourth-order valence-corrected chi connectivity index (χ4v) is 1.77. The van der Waals surface area contributed by atoms with E-state index in [4.69, 9.17) is 10.00 Å². The predicted octanol–water partition coefficient (Wildman–Crippen LogP) is 0.975. The van der Waals surface area contributed by atoms with Crippen LogP contribution in [0.4, 0.5) is 5.69 Å². The summed E-state index contributed by atoms with van der Waals surface area (Å²) in [4.78, 5) is 2.14. The first-order chi connectivity index (χ1) is 7.76. The number of nitrogens with zero attached hydrogens (tertiary/aromatic N) is 2. The molecular weight excluding hydrogens is 202 g/mol. The molecule has 1 N–H and O–H groups in total. The number of benzene rings is 1. The van der Waals surface area contributed by atoms with Gasteiger partial charge in [0.25, 0.3) is 0 Å². The van der Waals surface area contributed by atoms with E-state index >= 15 is 0 Å². The highest BCUT2D eigenvalue weighted by Gasteiger charge is 2.23. The van der Waals surface area contributed by atoms with Gasteiger partial charge in [0, 0.05) is 26.2 Å². The molecule has 0 aromatic heterocycles. The van der Waals surface area contributed by atoms with Gasteiger partial charge in [0.05, 0.1) is 24.4 Å². The molecule has 1 heterocycles. The van der Waals surface area contributed by atoms with E-state index in [2.05, 4.69) is 16.3 Å². The van der Waals surface area contributed by atoms with E-state index in [0.717, 1.165) is 24.5 Å². The minimum atomic E-state index is 0.471. The van der Waals surface area contributed by atoms with Gasteiger partial charge in [-0.2, -0.15) is 5.26 Å². The maximum Gasteiger partial charge on any atom is 0.121 e. The first-order valence-corrected chi connectivity index (χ1v) is 5.28. The fourth-order valence-electron chi connectivity index (χ4n) is 1.77. The fraction of sp³-hybridized carbons (Fsp3) is 0.417. The number of ether oxygens (including phenoxy) is 1. The number of hydrogen-bond donors (Lipinski definition) is 1. The molecule has 1 aliphatic heterocycles. The smallest absolute Gasteiger partial charge is 0.121 e. The molecular formula is C12H15N3O. The molecule has 16 heavy (non-hydrogen) atoms. The molecule has 0 radical (unpaired) electrons. The molecule has 1 aromatic carbocycles. The standard InChI is InChI=1S/C12H15N3O/c1-15(10-7-14-8-10)12-5-11(16-2)4-3-9(12)6-13/h3-5,10,14H,7-8H2,1-2H3. The Balaban J connectivity index is 2.32. The zero-order chi connectivity index (χ0) is 11.5. The number of nitriles is 1. The minimum absolute atomic E-state index is 0.471. The van der Waals surface area contributed by atoms with Crippen molar-refractivity contribution in [3.63, 3.8) is 0 Å². The van der Waals surface area contributed by atoms with Crippen LogP contribution >= 0.6 is 0 Å². The second-order valence-corrected chi connectivity index (χ2v) is 3.92. The van der Waals surface area contributed by atoms with Crippen molar-refractivity contribution in [1.29, 1.82) is 5.26 Å². The Hall–Kier alpha value is -1.73. The molecule has 4 heteroatoms. The van der Waals surface area contributed by atoms with Crippen molar-refractivity contribution in [3.8, 4) is 11.8 Å². The number of likely N-dealkylation sites (N-methyl/N-ethyl adjacent to an activating group) is 1. The number of nitrogens with one attached hydrogen (secondary N) is 1. The van der Waals surface area contributed by atoms with Gasteiger partial charge in [0.15, 0.2) is 0 Å². The third-order valence-electron chi connectivity index (χ3n) is 3.01. The molecule has 0 unspecified atom stereocenters. The second kappa shape index (κ2) is 4.42. The van der Waals surface area contributed by atoms with Gasteiger partial charge in [-0.25, -0.2) is 0 Å². The maximum atomic E-state index is 9.07. The molecule has 1 aliphatic rings. The van der Waals surface area contributed by atoms with Gasteiger partial charge in [0.1, 0.15) is 11.8 Å². The number of anilines is 1. The molecule has 2 rings (SSSR count). The van der Waals surface area contributed by atoms with Gasteiger partial charge in [-0.05, 0) is 12.1 Å². The summed E-state index contributed by atoms with van der Waals surface area (Å²) in [5.41, 5.74) is 1.63. The molecule has 84 valence electrons. The number of rotatable bonds is 3. The van der Waals surface area contributed by atoms with E-state index in [-0.39, 0.29) is 0 Å². The Labute approximate surface area is 95.4 Å². The highest BCUT2D eigenvalue weighted by atomic mass is 16.5. The number of methoxy groups -OCH3 is 1. The van der Waals surface area contributed by atoms with Crippen LogP contribution < -0.4 is 15.0 Å². The molecule has 0 amide bonds. The lowest BCUT2D eigenvalue weighted by Gasteiger charge is -2.37. The van der Waals surface area contributed by atoms with E-state index in [1.165, 1.54) is 0 Å². The third kappa shape index (κ3) is 1.82. The van der Waals surface area contributed by atoms with Crippen LogP contribution in [-0.4, -0.2) is 33.3 Å². The molecule has 1 fully saturated rings. The first kappa shape index (κ1) is 10.8. The van der Waals surface area contributed by atoms with Crippen molar-refractivity contribution in [2.45, 2.75) is 6.04 Å². The van der Waals surface area contributed by atoms with E-state index < -0.39 is 0 Å². The highest BCUT2D eigenvalue weighted by Crippen LogP contribution is 2.26. The molecule has 0 aliphatic carbocycles. The van der Waals surface area contributed by atoms with Gasteiger partial charge in [-0.3, -0.25) is 0 Å². The summed E-state index contributed by atoms with van der Waals surface area (Å²) < 4.78 is 5.18. The van der Waals surface area contributed by atoms with E-state index in [1.54, 1.807) is 13.2 Å². The Bertz CT molecular complexity index is 421. The zero-order valence-electron chi connectivity index (χ0n) is 9.53. The first-order valence-electron chi connectivity index (χ1n) is 5.28. The van der Waals surface area contributed by atoms with Crippen LogP contribution in [0.1, 0.15) is 5.56 Å². The van der Waals surface area contributed by atoms with Crippen LogP contribution in [0.5, 0.6) is 5.75 Å².